The van der Waals surface area contributed by atoms with E-state index in [2.05, 4.69) is 41.0 Å². The van der Waals surface area contributed by atoms with Gasteiger partial charge in [0.15, 0.2) is 0 Å². The topological polar surface area (TPSA) is 80.2 Å². The third-order valence-electron chi connectivity index (χ3n) is 4.98. The molecule has 0 radical (unpaired) electrons. The molecular weight excluding hydrogens is 366 g/mol. The Balaban J connectivity index is 1.77. The number of pyridine rings is 1. The Morgan fingerprint density at radius 1 is 1.28 bits per heavy atom. The van der Waals surface area contributed by atoms with Gasteiger partial charge in [0.25, 0.3) is 0 Å². The standard InChI is InChI=1S/C22H31N5O2/c1-15-8-6-10-18(23-15)25-20(28)16-9-7-11-27(13-16)19-12-17(14-29-5)24-21(26-19)22(2,3)4/h6,8,10,12,16H,7,9,11,13-14H2,1-5H3,(H,23,25,28). The summed E-state index contributed by atoms with van der Waals surface area (Å²) >= 11 is 0. The number of aromatic nitrogens is 3. The fourth-order valence-electron chi connectivity index (χ4n) is 3.44. The van der Waals surface area contributed by atoms with Crippen LogP contribution >= 0.6 is 0 Å². The maximum absolute atomic E-state index is 12.8. The average molecular weight is 398 g/mol. The van der Waals surface area contributed by atoms with Gasteiger partial charge in [0.1, 0.15) is 17.5 Å². The van der Waals surface area contributed by atoms with E-state index in [-0.39, 0.29) is 17.2 Å². The van der Waals surface area contributed by atoms with E-state index in [0.29, 0.717) is 19.0 Å². The molecular formula is C22H31N5O2. The summed E-state index contributed by atoms with van der Waals surface area (Å²) in [6, 6.07) is 7.61. The lowest BCUT2D eigenvalue weighted by Crippen LogP contribution is -2.41. The Hall–Kier alpha value is -2.54. The Bertz CT molecular complexity index is 863. The van der Waals surface area contributed by atoms with Crippen molar-refractivity contribution in [1.29, 1.82) is 0 Å². The van der Waals surface area contributed by atoms with Gasteiger partial charge in [-0.2, -0.15) is 0 Å². The second-order valence-electron chi connectivity index (χ2n) is 8.66. The van der Waals surface area contributed by atoms with Crippen LogP contribution in [0.5, 0.6) is 0 Å². The summed E-state index contributed by atoms with van der Waals surface area (Å²) in [5, 5.41) is 2.96. The lowest BCUT2D eigenvalue weighted by Gasteiger charge is -2.33. The highest BCUT2D eigenvalue weighted by molar-refractivity contribution is 5.92. The fourth-order valence-corrected chi connectivity index (χ4v) is 3.44. The van der Waals surface area contributed by atoms with Crippen molar-refractivity contribution >= 4 is 17.5 Å². The highest BCUT2D eigenvalue weighted by Gasteiger charge is 2.28. The van der Waals surface area contributed by atoms with Crippen molar-refractivity contribution in [3.8, 4) is 0 Å². The van der Waals surface area contributed by atoms with Crippen molar-refractivity contribution in [3.05, 3.63) is 41.5 Å². The van der Waals surface area contributed by atoms with Gasteiger partial charge in [-0.1, -0.05) is 26.8 Å². The SMILES string of the molecule is COCc1cc(N2CCCC(C(=O)Nc3cccc(C)n3)C2)nc(C(C)(C)C)n1. The van der Waals surface area contributed by atoms with Crippen LogP contribution in [0.25, 0.3) is 0 Å². The summed E-state index contributed by atoms with van der Waals surface area (Å²) in [6.45, 7) is 10.2. The molecule has 0 saturated carbocycles. The van der Waals surface area contributed by atoms with E-state index >= 15 is 0 Å². The molecule has 3 heterocycles. The van der Waals surface area contributed by atoms with Crippen LogP contribution in [0.2, 0.25) is 0 Å². The lowest BCUT2D eigenvalue weighted by atomic mass is 9.95. The van der Waals surface area contributed by atoms with E-state index in [1.807, 2.05) is 31.2 Å². The van der Waals surface area contributed by atoms with E-state index in [0.717, 1.165) is 42.4 Å². The maximum atomic E-state index is 12.8. The first-order chi connectivity index (χ1) is 13.8. The minimum absolute atomic E-state index is 0.00927. The molecule has 29 heavy (non-hydrogen) atoms. The molecule has 1 N–H and O–H groups in total. The van der Waals surface area contributed by atoms with Crippen LogP contribution in [-0.2, 0) is 21.6 Å². The summed E-state index contributed by atoms with van der Waals surface area (Å²) in [6.07, 6.45) is 1.80. The zero-order valence-electron chi connectivity index (χ0n) is 18.0. The van der Waals surface area contributed by atoms with Gasteiger partial charge in [0.2, 0.25) is 5.91 Å². The zero-order valence-corrected chi connectivity index (χ0v) is 18.0. The molecule has 1 unspecified atom stereocenters. The molecule has 0 aliphatic carbocycles. The number of hydrogen-bond acceptors (Lipinski definition) is 6. The number of rotatable bonds is 5. The fraction of sp³-hybridized carbons (Fsp3) is 0.545. The molecule has 2 aromatic heterocycles. The van der Waals surface area contributed by atoms with E-state index in [4.69, 9.17) is 9.72 Å². The smallest absolute Gasteiger partial charge is 0.230 e. The number of methoxy groups -OCH3 is 1. The molecule has 0 bridgehead atoms. The molecule has 156 valence electrons. The van der Waals surface area contributed by atoms with E-state index in [9.17, 15) is 4.79 Å². The molecule has 1 aliphatic heterocycles. The second-order valence-corrected chi connectivity index (χ2v) is 8.66. The number of nitrogens with one attached hydrogen (secondary N) is 1. The number of hydrogen-bond donors (Lipinski definition) is 1. The molecule has 1 aliphatic rings. The van der Waals surface area contributed by atoms with Gasteiger partial charge >= 0.3 is 0 Å². The average Bonchev–Trinajstić information content (AvgIpc) is 2.67. The minimum Gasteiger partial charge on any atom is -0.378 e. The zero-order chi connectivity index (χ0) is 21.0. The number of amides is 1. The number of carbonyl (C=O) groups excluding carboxylic acids is 1. The molecule has 2 aromatic rings. The van der Waals surface area contributed by atoms with Crippen molar-refractivity contribution in [2.75, 3.05) is 30.4 Å². The molecule has 7 nitrogen and oxygen atoms in total. The van der Waals surface area contributed by atoms with Crippen molar-refractivity contribution in [2.45, 2.75) is 52.6 Å². The number of nitrogens with zero attached hydrogens (tertiary/aromatic N) is 4. The first-order valence-corrected chi connectivity index (χ1v) is 10.1. The predicted octanol–water partition coefficient (Wildman–Crippen LogP) is 3.48. The Morgan fingerprint density at radius 3 is 2.76 bits per heavy atom. The summed E-state index contributed by atoms with van der Waals surface area (Å²) in [5.41, 5.74) is 1.58. The van der Waals surface area contributed by atoms with E-state index < -0.39 is 0 Å². The van der Waals surface area contributed by atoms with Gasteiger partial charge in [-0.05, 0) is 31.9 Å². The van der Waals surface area contributed by atoms with Gasteiger partial charge in [0.05, 0.1) is 18.2 Å². The predicted molar refractivity (Wildman–Crippen MR) is 114 cm³/mol. The monoisotopic (exact) mass is 397 g/mol. The molecule has 1 fully saturated rings. The van der Waals surface area contributed by atoms with Crippen molar-refractivity contribution in [1.82, 2.24) is 15.0 Å². The van der Waals surface area contributed by atoms with Gasteiger partial charge in [0, 0.05) is 37.4 Å². The molecule has 3 rings (SSSR count). The first-order valence-electron chi connectivity index (χ1n) is 10.1. The number of anilines is 2. The van der Waals surface area contributed by atoms with E-state index in [1.165, 1.54) is 0 Å². The maximum Gasteiger partial charge on any atom is 0.230 e. The first kappa shape index (κ1) is 21.2. The van der Waals surface area contributed by atoms with Crippen molar-refractivity contribution in [2.24, 2.45) is 5.92 Å². The van der Waals surface area contributed by atoms with Gasteiger partial charge in [-0.25, -0.2) is 15.0 Å². The molecule has 1 saturated heterocycles. The van der Waals surface area contributed by atoms with Crippen LogP contribution < -0.4 is 10.2 Å². The Labute approximate surface area is 172 Å². The molecule has 7 heteroatoms. The number of carbonyl (C=O) groups is 1. The van der Waals surface area contributed by atoms with Crippen LogP contribution in [0.15, 0.2) is 24.3 Å². The highest BCUT2D eigenvalue weighted by Crippen LogP contribution is 2.26. The van der Waals surface area contributed by atoms with Crippen LogP contribution in [0.3, 0.4) is 0 Å². The highest BCUT2D eigenvalue weighted by atomic mass is 16.5. The van der Waals surface area contributed by atoms with Crippen molar-refractivity contribution < 1.29 is 9.53 Å². The largest absolute Gasteiger partial charge is 0.378 e. The van der Waals surface area contributed by atoms with Crippen LogP contribution in [0.1, 0.15) is 50.8 Å². The quantitative estimate of drug-likeness (QED) is 0.832. The number of aryl methyl sites for hydroxylation is 1. The van der Waals surface area contributed by atoms with Gasteiger partial charge in [-0.3, -0.25) is 4.79 Å². The minimum atomic E-state index is -0.165. The van der Waals surface area contributed by atoms with E-state index in [1.54, 1.807) is 7.11 Å². The number of ether oxygens (including phenoxy) is 1. The van der Waals surface area contributed by atoms with Gasteiger partial charge < -0.3 is 15.0 Å². The molecule has 1 amide bonds. The van der Waals surface area contributed by atoms with Crippen LogP contribution in [-0.4, -0.2) is 41.1 Å². The summed E-state index contributed by atoms with van der Waals surface area (Å²) in [7, 11) is 1.67. The van der Waals surface area contributed by atoms with Crippen LogP contribution in [0.4, 0.5) is 11.6 Å². The number of piperidine rings is 1. The summed E-state index contributed by atoms with van der Waals surface area (Å²) in [5.74, 6) is 2.16. The molecule has 0 aromatic carbocycles. The third-order valence-corrected chi connectivity index (χ3v) is 4.98. The summed E-state index contributed by atoms with van der Waals surface area (Å²) in [4.78, 5) is 28.9. The third kappa shape index (κ3) is 5.50. The molecule has 1 atom stereocenters. The molecule has 0 spiro atoms. The summed E-state index contributed by atoms with van der Waals surface area (Å²) < 4.78 is 5.29. The Morgan fingerprint density at radius 2 is 2.07 bits per heavy atom. The Kier molecular flexibility index (Phi) is 6.47. The normalized spacial score (nSPS) is 17.3. The van der Waals surface area contributed by atoms with Gasteiger partial charge in [-0.15, -0.1) is 0 Å². The lowest BCUT2D eigenvalue weighted by molar-refractivity contribution is -0.120. The van der Waals surface area contributed by atoms with Crippen molar-refractivity contribution in [3.63, 3.8) is 0 Å². The van der Waals surface area contributed by atoms with Crippen LogP contribution in [0, 0.1) is 12.8 Å². The second kappa shape index (κ2) is 8.86.